The summed E-state index contributed by atoms with van der Waals surface area (Å²) in [5.41, 5.74) is 3.87. The molecular weight excluding hydrogens is 571 g/mol. The van der Waals surface area contributed by atoms with Crippen LogP contribution >= 0.6 is 0 Å². The molecule has 153 valence electrons. The average Bonchev–Trinajstić information content (AvgIpc) is 2.70. The molecule has 1 amide bonds. The molecule has 2 aromatic rings. The molecule has 4 nitrogen and oxygen atoms in total. The van der Waals surface area contributed by atoms with Crippen molar-refractivity contribution >= 4 is 34.0 Å². The van der Waals surface area contributed by atoms with E-state index in [1.165, 1.54) is 5.71 Å². The number of para-hydroxylation sites is 1. The maximum atomic E-state index is 11.9. The fraction of sp³-hybridized carbons (Fsp3) is 0.435. The average molecular weight is 605 g/mol. The molecule has 1 heterocycles. The van der Waals surface area contributed by atoms with E-state index in [-0.39, 0.29) is 42.3 Å². The third-order valence-electron chi connectivity index (χ3n) is 4.23. The second-order valence-electron chi connectivity index (χ2n) is 6.28. The van der Waals surface area contributed by atoms with Gasteiger partial charge in [-0.3, -0.25) is 9.79 Å². The van der Waals surface area contributed by atoms with Gasteiger partial charge in [-0.15, -0.1) is 6.42 Å². The summed E-state index contributed by atoms with van der Waals surface area (Å²) < 4.78 is 0. The van der Waals surface area contributed by atoms with Crippen LogP contribution in [0.15, 0.2) is 29.3 Å². The van der Waals surface area contributed by atoms with Crippen LogP contribution in [0.4, 0.5) is 11.5 Å². The fourth-order valence-electron chi connectivity index (χ4n) is 2.85. The Morgan fingerprint density at radius 2 is 1.82 bits per heavy atom. The molecule has 0 fully saturated rings. The van der Waals surface area contributed by atoms with Gasteiger partial charge in [0.05, 0.1) is 5.52 Å². The summed E-state index contributed by atoms with van der Waals surface area (Å²) in [4.78, 5) is 21.5. The molecule has 0 aliphatic carbocycles. The Labute approximate surface area is 193 Å². The summed E-state index contributed by atoms with van der Waals surface area (Å²) in [6.07, 6.45) is 5.45. The number of nitrogens with zero attached hydrogens (tertiary/aromatic N) is 2. The van der Waals surface area contributed by atoms with Crippen LogP contribution in [-0.2, 0) is 4.79 Å². The van der Waals surface area contributed by atoms with E-state index in [1.807, 2.05) is 25.1 Å². The second kappa shape index (κ2) is 14.7. The molecule has 0 aliphatic rings. The monoisotopic (exact) mass is 603 g/mol. The van der Waals surface area contributed by atoms with Crippen molar-refractivity contribution in [3.05, 3.63) is 43.7 Å². The van der Waals surface area contributed by atoms with Crippen molar-refractivity contribution in [3.8, 4) is 0 Å². The Hall–Kier alpha value is -1.22. The predicted octanol–water partition coefficient (Wildman–Crippen LogP) is 6.61. The first kappa shape index (κ1) is 26.8. The normalized spacial score (nSPS) is 10.7. The van der Waals surface area contributed by atoms with Gasteiger partial charge in [-0.1, -0.05) is 44.9 Å². The third-order valence-corrected chi connectivity index (χ3v) is 4.23. The molecule has 0 saturated carbocycles. The number of amides is 1. The largest absolute Gasteiger partial charge is 0.346 e. The zero-order valence-corrected chi connectivity index (χ0v) is 21.4. The zero-order chi connectivity index (χ0) is 20.2. The van der Waals surface area contributed by atoms with Crippen molar-refractivity contribution in [1.82, 2.24) is 4.98 Å². The molecule has 0 atom stereocenters. The number of unbranched alkanes of at least 4 members (excludes halogenated alkanes) is 1. The minimum absolute atomic E-state index is 0. The number of benzene rings is 1. The van der Waals surface area contributed by atoms with Crippen LogP contribution in [0.25, 0.3) is 10.9 Å². The number of aliphatic imine (C=N–C) groups is 1. The summed E-state index contributed by atoms with van der Waals surface area (Å²) in [6, 6.07) is 7.96. The van der Waals surface area contributed by atoms with Gasteiger partial charge in [-0.2, -0.15) is 6.92 Å². The molecule has 0 unspecified atom stereocenters. The van der Waals surface area contributed by atoms with Crippen LogP contribution < -0.4 is 5.32 Å². The number of fused-ring (bicyclic) bond motifs is 1. The van der Waals surface area contributed by atoms with Gasteiger partial charge in [0.1, 0.15) is 5.69 Å². The summed E-state index contributed by atoms with van der Waals surface area (Å²) in [5.74, 6) is 0.388. The molecule has 0 saturated heterocycles. The Kier molecular flexibility index (Phi) is 14.1. The molecule has 0 bridgehead atoms. The maximum absolute atomic E-state index is 11.9. The SMILES string of the molecule is [CH2-]C.[CH2-]CC(=O)Nc1nc2ccccc2c(C)c1N=C(CCC)CCCC.[Np]. The fourth-order valence-corrected chi connectivity index (χ4v) is 2.85. The van der Waals surface area contributed by atoms with Crippen LogP contribution in [0.2, 0.25) is 0 Å². The van der Waals surface area contributed by atoms with Crippen LogP contribution in [0.1, 0.15) is 64.9 Å². The van der Waals surface area contributed by atoms with Crippen molar-refractivity contribution in [2.45, 2.75) is 66.2 Å². The van der Waals surface area contributed by atoms with E-state index in [4.69, 9.17) is 4.99 Å². The number of anilines is 1. The van der Waals surface area contributed by atoms with Crippen molar-refractivity contribution in [2.75, 3.05) is 5.32 Å². The van der Waals surface area contributed by atoms with Gasteiger partial charge in [0.25, 0.3) is 0 Å². The summed E-state index contributed by atoms with van der Waals surface area (Å²) in [7, 11) is 0. The van der Waals surface area contributed by atoms with Crippen LogP contribution in [0.3, 0.4) is 0 Å². The first-order valence-corrected chi connectivity index (χ1v) is 9.86. The van der Waals surface area contributed by atoms with E-state index in [9.17, 15) is 4.79 Å². The van der Waals surface area contributed by atoms with E-state index in [0.29, 0.717) is 5.82 Å². The van der Waals surface area contributed by atoms with Gasteiger partial charge in [-0.05, 0) is 37.8 Å². The van der Waals surface area contributed by atoms with Gasteiger partial charge in [0.2, 0.25) is 0 Å². The number of carbonyl (C=O) groups excluding carboxylic acids is 1. The molecule has 0 aliphatic heterocycles. The van der Waals surface area contributed by atoms with E-state index < -0.39 is 0 Å². The molecular formula is C23H33N3NpO-2. The quantitative estimate of drug-likeness (QED) is 0.273. The summed E-state index contributed by atoms with van der Waals surface area (Å²) in [5, 5.41) is 3.95. The number of rotatable bonds is 8. The molecule has 28 heavy (non-hydrogen) atoms. The van der Waals surface area contributed by atoms with E-state index in [1.54, 1.807) is 6.92 Å². The van der Waals surface area contributed by atoms with Crippen LogP contribution in [0.5, 0.6) is 0 Å². The van der Waals surface area contributed by atoms with E-state index in [0.717, 1.165) is 54.3 Å². The summed E-state index contributed by atoms with van der Waals surface area (Å²) in [6.45, 7) is 15.1. The molecule has 0 spiro atoms. The molecule has 1 N–H and O–H groups in total. The van der Waals surface area contributed by atoms with Gasteiger partial charge < -0.3 is 19.2 Å². The maximum Gasteiger partial charge on any atom is 0.195 e. The van der Waals surface area contributed by atoms with Gasteiger partial charge >= 0.3 is 0 Å². The molecule has 1 aromatic carbocycles. The van der Waals surface area contributed by atoms with Crippen molar-refractivity contribution < 1.29 is 34.7 Å². The summed E-state index contributed by atoms with van der Waals surface area (Å²) >= 11 is 0. The Bertz CT molecular complexity index is 772. The Morgan fingerprint density at radius 1 is 1.14 bits per heavy atom. The van der Waals surface area contributed by atoms with Crippen molar-refractivity contribution in [3.63, 3.8) is 0 Å². The number of nitrogens with one attached hydrogen (secondary N) is 1. The number of hydrogen-bond acceptors (Lipinski definition) is 3. The van der Waals surface area contributed by atoms with Crippen molar-refractivity contribution in [2.24, 2.45) is 4.99 Å². The standard InChI is InChI=1S/C21H28N3O.C2H5.Np/c1-5-8-12-16(11-6-2)22-20-15(4)17-13-9-10-14-18(17)23-21(20)24-19(25)7-3;1-2;/h9-10,13-14H,3,5-8,11-12H2,1-2,4H3,(H,23,24,25);1H2,2H3;/q2*-1;. The molecule has 1 radical (unpaired) electrons. The Morgan fingerprint density at radius 3 is 2.43 bits per heavy atom. The number of pyridine rings is 1. The smallest absolute Gasteiger partial charge is 0.195 e. The third kappa shape index (κ3) is 7.66. The number of aromatic nitrogens is 1. The molecule has 1 aromatic heterocycles. The Balaban J connectivity index is 0.00000235. The van der Waals surface area contributed by atoms with Crippen LogP contribution in [0, 0.1) is 50.7 Å². The van der Waals surface area contributed by atoms with Gasteiger partial charge in [0.15, 0.2) is 11.7 Å². The number of hydrogen-bond donors (Lipinski definition) is 1. The first-order chi connectivity index (χ1) is 13.1. The van der Waals surface area contributed by atoms with Crippen molar-refractivity contribution in [1.29, 1.82) is 0 Å². The number of carbonyl (C=O) groups is 1. The van der Waals surface area contributed by atoms with Gasteiger partial charge in [0, 0.05) is 41.0 Å². The minimum atomic E-state index is -0.149. The first-order valence-electron chi connectivity index (χ1n) is 9.86. The van der Waals surface area contributed by atoms with E-state index >= 15 is 0 Å². The molecule has 5 heteroatoms. The minimum Gasteiger partial charge on any atom is -0.346 e. The molecule has 2 rings (SSSR count). The predicted molar refractivity (Wildman–Crippen MR) is 118 cm³/mol. The van der Waals surface area contributed by atoms with E-state index in [2.05, 4.69) is 44.1 Å². The number of aryl methyl sites for hydroxylation is 1. The topological polar surface area (TPSA) is 54.4 Å². The van der Waals surface area contributed by atoms with Gasteiger partial charge in [-0.25, -0.2) is 4.98 Å². The second-order valence-corrected chi connectivity index (χ2v) is 6.28. The zero-order valence-electron chi connectivity index (χ0n) is 17.7. The van der Waals surface area contributed by atoms with Crippen LogP contribution in [-0.4, -0.2) is 16.6 Å².